The Labute approximate surface area is 128 Å². The summed E-state index contributed by atoms with van der Waals surface area (Å²) >= 11 is 0. The van der Waals surface area contributed by atoms with E-state index in [-0.39, 0.29) is 5.91 Å². The van der Waals surface area contributed by atoms with Gasteiger partial charge in [0, 0.05) is 49.5 Å². The molecule has 112 valence electrons. The predicted molar refractivity (Wildman–Crippen MR) is 84.2 cm³/mol. The first-order valence-corrected chi connectivity index (χ1v) is 7.09. The van der Waals surface area contributed by atoms with E-state index in [0.717, 1.165) is 30.2 Å². The Hall–Kier alpha value is -2.89. The third-order valence-corrected chi connectivity index (χ3v) is 3.31. The highest BCUT2D eigenvalue weighted by atomic mass is 16.1. The van der Waals surface area contributed by atoms with Gasteiger partial charge in [-0.3, -0.25) is 9.48 Å². The van der Waals surface area contributed by atoms with Gasteiger partial charge >= 0.3 is 0 Å². The van der Waals surface area contributed by atoms with Crippen LogP contribution in [-0.2, 0) is 17.9 Å². The number of imidazole rings is 1. The fourth-order valence-electron chi connectivity index (χ4n) is 2.30. The number of aryl methyl sites for hydroxylation is 2. The minimum Gasteiger partial charge on any atom is -0.329 e. The van der Waals surface area contributed by atoms with Crippen molar-refractivity contribution in [2.75, 3.05) is 5.32 Å². The second-order valence-corrected chi connectivity index (χ2v) is 4.97. The molecule has 0 aliphatic rings. The zero-order valence-electron chi connectivity index (χ0n) is 12.3. The number of benzene rings is 1. The van der Waals surface area contributed by atoms with E-state index in [2.05, 4.69) is 20.0 Å². The van der Waals surface area contributed by atoms with Crippen molar-refractivity contribution >= 4 is 11.6 Å². The summed E-state index contributed by atoms with van der Waals surface area (Å²) in [6, 6.07) is 9.58. The maximum absolute atomic E-state index is 11.0. The molecule has 0 saturated carbocycles. The molecule has 3 aromatic rings. The summed E-state index contributed by atoms with van der Waals surface area (Å²) in [7, 11) is 0. The van der Waals surface area contributed by atoms with Gasteiger partial charge in [-0.1, -0.05) is 0 Å². The van der Waals surface area contributed by atoms with Crippen molar-refractivity contribution in [2.24, 2.45) is 0 Å². The second-order valence-electron chi connectivity index (χ2n) is 4.97. The number of carbonyl (C=O) groups is 1. The molecule has 0 aliphatic carbocycles. The van der Waals surface area contributed by atoms with Gasteiger partial charge in [0.05, 0.1) is 6.54 Å². The number of amides is 1. The van der Waals surface area contributed by atoms with E-state index in [1.165, 1.54) is 6.92 Å². The molecule has 0 atom stereocenters. The van der Waals surface area contributed by atoms with Crippen molar-refractivity contribution in [1.29, 1.82) is 0 Å². The highest BCUT2D eigenvalue weighted by Crippen LogP contribution is 2.20. The monoisotopic (exact) mass is 295 g/mol. The van der Waals surface area contributed by atoms with Gasteiger partial charge < -0.3 is 9.88 Å². The van der Waals surface area contributed by atoms with Crippen molar-refractivity contribution in [3.05, 3.63) is 55.1 Å². The Morgan fingerprint density at radius 2 is 1.95 bits per heavy atom. The van der Waals surface area contributed by atoms with Gasteiger partial charge in [-0.15, -0.1) is 0 Å². The molecule has 0 saturated heterocycles. The molecule has 3 rings (SSSR count). The van der Waals surface area contributed by atoms with Crippen LogP contribution in [0.1, 0.15) is 6.92 Å². The van der Waals surface area contributed by atoms with E-state index >= 15 is 0 Å². The van der Waals surface area contributed by atoms with Crippen molar-refractivity contribution in [1.82, 2.24) is 19.3 Å². The van der Waals surface area contributed by atoms with E-state index in [1.54, 1.807) is 12.4 Å². The molecule has 1 N–H and O–H groups in total. The highest BCUT2D eigenvalue weighted by Gasteiger charge is 2.06. The normalized spacial score (nSPS) is 10.6. The first-order chi connectivity index (χ1) is 10.7. The summed E-state index contributed by atoms with van der Waals surface area (Å²) in [5.74, 6) is 0.829. The molecule has 0 bridgehead atoms. The fourth-order valence-corrected chi connectivity index (χ4v) is 2.30. The van der Waals surface area contributed by atoms with Gasteiger partial charge in [0.2, 0.25) is 5.91 Å². The average molecular weight is 295 g/mol. The summed E-state index contributed by atoms with van der Waals surface area (Å²) < 4.78 is 3.98. The minimum absolute atomic E-state index is 0.0755. The van der Waals surface area contributed by atoms with Crippen LogP contribution < -0.4 is 5.32 Å². The van der Waals surface area contributed by atoms with E-state index in [4.69, 9.17) is 0 Å². The molecule has 0 spiro atoms. The number of rotatable bonds is 5. The van der Waals surface area contributed by atoms with E-state index in [9.17, 15) is 4.79 Å². The Morgan fingerprint density at radius 3 is 2.64 bits per heavy atom. The number of hydrogen-bond donors (Lipinski definition) is 1. The Balaban J connectivity index is 1.74. The van der Waals surface area contributed by atoms with Gasteiger partial charge in [0.15, 0.2) is 0 Å². The third-order valence-electron chi connectivity index (χ3n) is 3.31. The largest absolute Gasteiger partial charge is 0.329 e. The van der Waals surface area contributed by atoms with Crippen molar-refractivity contribution in [3.8, 4) is 11.4 Å². The quantitative estimate of drug-likeness (QED) is 0.786. The maximum atomic E-state index is 11.0. The van der Waals surface area contributed by atoms with Gasteiger partial charge in [-0.05, 0) is 30.3 Å². The van der Waals surface area contributed by atoms with E-state index in [1.807, 2.05) is 47.4 Å². The summed E-state index contributed by atoms with van der Waals surface area (Å²) in [5, 5.41) is 6.96. The Morgan fingerprint density at radius 1 is 1.14 bits per heavy atom. The number of nitrogens with one attached hydrogen (secondary N) is 1. The lowest BCUT2D eigenvalue weighted by Gasteiger charge is -2.09. The first-order valence-electron chi connectivity index (χ1n) is 7.09. The molecule has 2 heterocycles. The van der Waals surface area contributed by atoms with Crippen LogP contribution in [0.2, 0.25) is 0 Å². The molecule has 0 fully saturated rings. The van der Waals surface area contributed by atoms with Crippen LogP contribution in [0.25, 0.3) is 11.4 Å². The Kier molecular flexibility index (Phi) is 4.00. The SMILES string of the molecule is CC(=O)Nc1ccc(-c2nccn2CCn2cccn2)cc1. The minimum atomic E-state index is -0.0755. The topological polar surface area (TPSA) is 64.7 Å². The number of aromatic nitrogens is 4. The lowest BCUT2D eigenvalue weighted by molar-refractivity contribution is -0.114. The van der Waals surface area contributed by atoms with Gasteiger partial charge in [-0.25, -0.2) is 4.98 Å². The van der Waals surface area contributed by atoms with Crippen molar-refractivity contribution in [2.45, 2.75) is 20.0 Å². The smallest absolute Gasteiger partial charge is 0.221 e. The summed E-state index contributed by atoms with van der Waals surface area (Å²) in [5.41, 5.74) is 1.80. The zero-order valence-corrected chi connectivity index (χ0v) is 12.3. The molecule has 22 heavy (non-hydrogen) atoms. The third kappa shape index (κ3) is 3.22. The van der Waals surface area contributed by atoms with Crippen LogP contribution in [0.15, 0.2) is 55.1 Å². The zero-order chi connectivity index (χ0) is 15.4. The number of carbonyl (C=O) groups excluding carboxylic acids is 1. The van der Waals surface area contributed by atoms with E-state index in [0.29, 0.717) is 0 Å². The van der Waals surface area contributed by atoms with Gasteiger partial charge in [0.25, 0.3) is 0 Å². The molecule has 0 unspecified atom stereocenters. The van der Waals surface area contributed by atoms with Crippen molar-refractivity contribution < 1.29 is 4.79 Å². The van der Waals surface area contributed by atoms with E-state index < -0.39 is 0 Å². The average Bonchev–Trinajstić information content (AvgIpc) is 3.17. The summed E-state index contributed by atoms with van der Waals surface area (Å²) in [4.78, 5) is 15.5. The number of anilines is 1. The van der Waals surface area contributed by atoms with Crippen LogP contribution in [0.4, 0.5) is 5.69 Å². The second kappa shape index (κ2) is 6.26. The lowest BCUT2D eigenvalue weighted by Crippen LogP contribution is -2.08. The molecule has 6 heteroatoms. The molecule has 0 aliphatic heterocycles. The maximum Gasteiger partial charge on any atom is 0.221 e. The Bertz CT molecular complexity index is 743. The lowest BCUT2D eigenvalue weighted by atomic mass is 10.2. The number of hydrogen-bond acceptors (Lipinski definition) is 3. The van der Waals surface area contributed by atoms with Crippen molar-refractivity contribution in [3.63, 3.8) is 0 Å². The van der Waals surface area contributed by atoms with Crippen LogP contribution in [0, 0.1) is 0 Å². The molecular weight excluding hydrogens is 278 g/mol. The highest BCUT2D eigenvalue weighted by molar-refractivity contribution is 5.88. The van der Waals surface area contributed by atoms with Crippen LogP contribution in [-0.4, -0.2) is 25.2 Å². The van der Waals surface area contributed by atoms with Crippen LogP contribution in [0.5, 0.6) is 0 Å². The first kappa shape index (κ1) is 14.1. The molecule has 0 radical (unpaired) electrons. The standard InChI is InChI=1S/C16H17N5O/c1-13(22)19-15-5-3-14(4-6-15)16-17-8-10-20(16)11-12-21-9-2-7-18-21/h2-10H,11-12H2,1H3,(H,19,22). The van der Waals surface area contributed by atoms with Gasteiger partial charge in [0.1, 0.15) is 5.82 Å². The van der Waals surface area contributed by atoms with Crippen LogP contribution >= 0.6 is 0 Å². The molecular formula is C16H17N5O. The number of nitrogens with zero attached hydrogens (tertiary/aromatic N) is 4. The predicted octanol–water partition coefficient (Wildman–Crippen LogP) is 2.41. The molecule has 6 nitrogen and oxygen atoms in total. The molecule has 1 aromatic carbocycles. The fraction of sp³-hybridized carbons (Fsp3) is 0.188. The summed E-state index contributed by atoms with van der Waals surface area (Å²) in [6.07, 6.45) is 7.47. The molecule has 2 aromatic heterocycles. The summed E-state index contributed by atoms with van der Waals surface area (Å²) in [6.45, 7) is 3.08. The van der Waals surface area contributed by atoms with Gasteiger partial charge in [-0.2, -0.15) is 5.10 Å². The van der Waals surface area contributed by atoms with Crippen LogP contribution in [0.3, 0.4) is 0 Å². The molecule has 1 amide bonds.